The van der Waals surface area contributed by atoms with Crippen LogP contribution in [0.15, 0.2) is 78.9 Å². The van der Waals surface area contributed by atoms with Gasteiger partial charge >= 0.3 is 0 Å². The lowest BCUT2D eigenvalue weighted by Crippen LogP contribution is -2.49. The van der Waals surface area contributed by atoms with Crippen molar-refractivity contribution in [3.63, 3.8) is 0 Å². The van der Waals surface area contributed by atoms with E-state index in [2.05, 4.69) is 34.7 Å². The second-order valence-corrected chi connectivity index (χ2v) is 15.8. The Morgan fingerprint density at radius 3 is 1.98 bits per heavy atom. The van der Waals surface area contributed by atoms with Gasteiger partial charge in [0.15, 0.2) is 0 Å². The number of piperidine rings is 1. The molecule has 4 rings (SSSR count). The summed E-state index contributed by atoms with van der Waals surface area (Å²) in [6.07, 6.45) is 2.76. The number of likely N-dealkylation sites (tertiary alicyclic amines) is 1. The van der Waals surface area contributed by atoms with Gasteiger partial charge in [-0.05, 0) is 87.0 Å². The molecule has 10 nitrogen and oxygen atoms in total. The third-order valence-corrected chi connectivity index (χ3v) is 10.4. The molecule has 0 bridgehead atoms. The lowest BCUT2D eigenvalue weighted by atomic mass is 9.95. The van der Waals surface area contributed by atoms with E-state index in [1.54, 1.807) is 0 Å². The molecule has 1 saturated heterocycles. The lowest BCUT2D eigenvalue weighted by Gasteiger charge is -2.33. The van der Waals surface area contributed by atoms with Crippen LogP contribution in [-0.4, -0.2) is 88.4 Å². The molecule has 4 N–H and O–H groups in total. The first-order chi connectivity index (χ1) is 23.3. The molecule has 2 amide bonds. The minimum absolute atomic E-state index is 0. The van der Waals surface area contributed by atoms with E-state index in [0.29, 0.717) is 24.8 Å². The average Bonchev–Trinajstić information content (AvgIpc) is 3.08. The zero-order valence-corrected chi connectivity index (χ0v) is 32.7. The van der Waals surface area contributed by atoms with Crippen LogP contribution >= 0.6 is 24.8 Å². The molecule has 3 aromatic carbocycles. The maximum Gasteiger partial charge on any atom is 0.251 e. The van der Waals surface area contributed by atoms with Crippen LogP contribution in [0.5, 0.6) is 0 Å². The Morgan fingerprint density at radius 1 is 0.882 bits per heavy atom. The van der Waals surface area contributed by atoms with Gasteiger partial charge in [-0.25, -0.2) is 8.42 Å². The van der Waals surface area contributed by atoms with E-state index in [9.17, 15) is 23.1 Å². The number of anilines is 1. The number of carbonyl (C=O) groups excluding carboxylic acids is 2. The summed E-state index contributed by atoms with van der Waals surface area (Å²) in [5.41, 5.74) is 2.28. The van der Waals surface area contributed by atoms with Crippen molar-refractivity contribution in [3.05, 3.63) is 101 Å². The minimum atomic E-state index is -3.69. The van der Waals surface area contributed by atoms with E-state index in [4.69, 9.17) is 0 Å². The molecule has 1 fully saturated rings. The molecule has 1 aliphatic heterocycles. The summed E-state index contributed by atoms with van der Waals surface area (Å²) in [6, 6.07) is 22.5. The van der Waals surface area contributed by atoms with Gasteiger partial charge in [0, 0.05) is 31.3 Å². The molecule has 0 saturated carbocycles. The summed E-state index contributed by atoms with van der Waals surface area (Å²) in [5.74, 6) is 0.207. The van der Waals surface area contributed by atoms with Crippen molar-refractivity contribution in [2.75, 3.05) is 50.3 Å². The highest BCUT2D eigenvalue weighted by molar-refractivity contribution is 7.92. The molecular weight excluding hydrogens is 709 g/mol. The smallest absolute Gasteiger partial charge is 0.251 e. The van der Waals surface area contributed by atoms with Crippen LogP contribution in [0.2, 0.25) is 0 Å². The quantitative estimate of drug-likeness (QED) is 0.160. The Morgan fingerprint density at radius 2 is 1.43 bits per heavy atom. The number of halogens is 2. The Balaban J connectivity index is 0.00000451. The predicted molar refractivity (Wildman–Crippen MR) is 211 cm³/mol. The van der Waals surface area contributed by atoms with E-state index >= 15 is 0 Å². The van der Waals surface area contributed by atoms with Crippen molar-refractivity contribution >= 4 is 52.3 Å². The van der Waals surface area contributed by atoms with Crippen molar-refractivity contribution in [2.45, 2.75) is 58.2 Å². The van der Waals surface area contributed by atoms with Crippen molar-refractivity contribution in [1.82, 2.24) is 20.9 Å². The van der Waals surface area contributed by atoms with E-state index in [-0.39, 0.29) is 47.7 Å². The highest BCUT2D eigenvalue weighted by Crippen LogP contribution is 2.23. The maximum absolute atomic E-state index is 13.9. The molecule has 0 radical (unpaired) electrons. The monoisotopic (exact) mass is 763 g/mol. The molecule has 3 unspecified atom stereocenters. The average molecular weight is 765 g/mol. The van der Waals surface area contributed by atoms with Crippen LogP contribution in [0.1, 0.15) is 71.5 Å². The van der Waals surface area contributed by atoms with Crippen molar-refractivity contribution in [2.24, 2.45) is 11.8 Å². The number of hydrogen-bond donors (Lipinski definition) is 4. The number of rotatable bonds is 16. The topological polar surface area (TPSA) is 131 Å². The Hall–Kier alpha value is -3.19. The van der Waals surface area contributed by atoms with Crippen molar-refractivity contribution < 1.29 is 23.1 Å². The number of aliphatic hydroxyl groups excluding tert-OH is 1. The Kier molecular flexibility index (Phi) is 17.9. The predicted octanol–water partition coefficient (Wildman–Crippen LogP) is 5.08. The minimum Gasteiger partial charge on any atom is -0.390 e. The van der Waals surface area contributed by atoms with Gasteiger partial charge < -0.3 is 26.0 Å². The standard InChI is InChI=1S/C38H53N5O5S.2ClH/c1-27(2)26-43-18-16-30(17-19-43)24-39-25-36(44)35(20-29-12-8-6-9-13-29)41-38(46)33-21-32(22-34(23-33)42(4)49(5,47)48)37(45)40-28(3)31-14-10-7-11-15-31;;/h6-15,21-23,27-28,30,35-36,39,44H,16-20,24-26H2,1-5H3,(H,40,45)(H,41,46);2*1H. The van der Waals surface area contributed by atoms with Crippen LogP contribution in [0, 0.1) is 11.8 Å². The molecule has 0 aliphatic carbocycles. The Bertz CT molecular complexity index is 1620. The fourth-order valence-electron chi connectivity index (χ4n) is 6.22. The summed E-state index contributed by atoms with van der Waals surface area (Å²) < 4.78 is 26.0. The first-order valence-corrected chi connectivity index (χ1v) is 19.1. The number of benzene rings is 3. The molecule has 1 heterocycles. The number of carbonyl (C=O) groups is 2. The number of sulfonamides is 1. The van der Waals surface area contributed by atoms with Crippen LogP contribution in [-0.2, 0) is 16.4 Å². The third-order valence-electron chi connectivity index (χ3n) is 9.15. The molecule has 13 heteroatoms. The number of nitrogens with one attached hydrogen (secondary N) is 3. The van der Waals surface area contributed by atoms with Crippen LogP contribution in [0.3, 0.4) is 0 Å². The molecule has 51 heavy (non-hydrogen) atoms. The van der Waals surface area contributed by atoms with E-state index in [1.165, 1.54) is 25.2 Å². The van der Waals surface area contributed by atoms with Gasteiger partial charge in [-0.3, -0.25) is 13.9 Å². The molecule has 3 atom stereocenters. The largest absolute Gasteiger partial charge is 0.390 e. The van der Waals surface area contributed by atoms with Crippen molar-refractivity contribution in [3.8, 4) is 0 Å². The van der Waals surface area contributed by atoms with Gasteiger partial charge in [0.1, 0.15) is 0 Å². The fraction of sp³-hybridized carbons (Fsp3) is 0.474. The molecule has 0 spiro atoms. The highest BCUT2D eigenvalue weighted by atomic mass is 35.5. The molecule has 0 aromatic heterocycles. The Labute approximate surface area is 316 Å². The van der Waals surface area contributed by atoms with Gasteiger partial charge in [0.2, 0.25) is 10.0 Å². The van der Waals surface area contributed by atoms with Crippen molar-refractivity contribution in [1.29, 1.82) is 0 Å². The normalized spacial score (nSPS) is 15.5. The van der Waals surface area contributed by atoms with Crippen LogP contribution in [0.4, 0.5) is 5.69 Å². The zero-order valence-electron chi connectivity index (χ0n) is 30.2. The van der Waals surface area contributed by atoms with Crippen LogP contribution < -0.4 is 20.3 Å². The summed E-state index contributed by atoms with van der Waals surface area (Å²) in [5, 5.41) is 20.8. The first-order valence-electron chi connectivity index (χ1n) is 17.2. The molecule has 1 aliphatic rings. The number of aliphatic hydroxyl groups is 1. The fourth-order valence-corrected chi connectivity index (χ4v) is 6.71. The van der Waals surface area contributed by atoms with E-state index in [0.717, 1.165) is 60.7 Å². The highest BCUT2D eigenvalue weighted by Gasteiger charge is 2.26. The SMILES string of the molecule is CC(C)CN1CCC(CNCC(O)C(Cc2ccccc2)NC(=O)c2cc(C(=O)NC(C)c3ccccc3)cc(N(C)S(C)(=O)=O)c2)CC1.Cl.Cl. The van der Waals surface area contributed by atoms with Gasteiger partial charge in [-0.1, -0.05) is 74.5 Å². The summed E-state index contributed by atoms with van der Waals surface area (Å²) >= 11 is 0. The number of hydrogen-bond acceptors (Lipinski definition) is 7. The van der Waals surface area contributed by atoms with Crippen LogP contribution in [0.25, 0.3) is 0 Å². The zero-order chi connectivity index (χ0) is 35.6. The summed E-state index contributed by atoms with van der Waals surface area (Å²) in [7, 11) is -2.32. The van der Waals surface area contributed by atoms with E-state index < -0.39 is 34.0 Å². The maximum atomic E-state index is 13.9. The lowest BCUT2D eigenvalue weighted by molar-refractivity contribution is 0.0824. The molecular formula is C38H55Cl2N5O5S. The molecule has 3 aromatic rings. The third kappa shape index (κ3) is 13.7. The second kappa shape index (κ2) is 20.7. The molecule has 282 valence electrons. The first kappa shape index (κ1) is 44.0. The van der Waals surface area contributed by atoms with Gasteiger partial charge in [0.05, 0.1) is 30.1 Å². The van der Waals surface area contributed by atoms with Gasteiger partial charge in [-0.2, -0.15) is 0 Å². The number of nitrogens with zero attached hydrogens (tertiary/aromatic N) is 2. The summed E-state index contributed by atoms with van der Waals surface area (Å²) in [6.45, 7) is 10.7. The van der Waals surface area contributed by atoms with Gasteiger partial charge in [-0.15, -0.1) is 24.8 Å². The second-order valence-electron chi connectivity index (χ2n) is 13.7. The number of amides is 2. The van der Waals surface area contributed by atoms with Gasteiger partial charge in [0.25, 0.3) is 11.8 Å². The van der Waals surface area contributed by atoms with E-state index in [1.807, 2.05) is 67.6 Å². The summed E-state index contributed by atoms with van der Waals surface area (Å²) in [4.78, 5) is 29.8.